The van der Waals surface area contributed by atoms with E-state index in [-0.39, 0.29) is 11.6 Å². The van der Waals surface area contributed by atoms with Crippen LogP contribution >= 0.6 is 0 Å². The molecule has 1 aromatic rings. The maximum absolute atomic E-state index is 13.7. The molecule has 1 aliphatic heterocycles. The lowest BCUT2D eigenvalue weighted by atomic mass is 9.96. The van der Waals surface area contributed by atoms with Crippen LogP contribution in [0.5, 0.6) is 0 Å². The fraction of sp³-hybridized carbons (Fsp3) is 0.417. The third kappa shape index (κ3) is 2.29. The number of hydrogen-bond acceptors (Lipinski definition) is 2. The predicted molar refractivity (Wildman–Crippen MR) is 57.9 cm³/mol. The molecule has 5 heteroatoms. The minimum atomic E-state index is -1.45. The molecule has 17 heavy (non-hydrogen) atoms. The number of piperidine rings is 1. The first-order valence-electron chi connectivity index (χ1n) is 5.56. The number of nitrogens with one attached hydrogen (secondary N) is 1. The summed E-state index contributed by atoms with van der Waals surface area (Å²) in [6.45, 7) is 0.770. The number of carboxylic acids is 1. The summed E-state index contributed by atoms with van der Waals surface area (Å²) in [5, 5.41) is 11.8. The van der Waals surface area contributed by atoms with E-state index in [0.717, 1.165) is 31.9 Å². The van der Waals surface area contributed by atoms with Gasteiger partial charge in [-0.1, -0.05) is 12.5 Å². The number of carbonyl (C=O) groups is 1. The fourth-order valence-corrected chi connectivity index (χ4v) is 2.12. The van der Waals surface area contributed by atoms with Gasteiger partial charge in [0, 0.05) is 11.6 Å². The van der Waals surface area contributed by atoms with E-state index in [1.807, 2.05) is 0 Å². The summed E-state index contributed by atoms with van der Waals surface area (Å²) in [5.74, 6) is -3.78. The molecule has 2 rings (SSSR count). The van der Waals surface area contributed by atoms with E-state index in [9.17, 15) is 13.6 Å². The van der Waals surface area contributed by atoms with E-state index in [2.05, 4.69) is 5.32 Å². The Bertz CT molecular complexity index is 442. The molecule has 1 fully saturated rings. The van der Waals surface area contributed by atoms with Crippen molar-refractivity contribution in [2.75, 3.05) is 6.54 Å². The second-order valence-electron chi connectivity index (χ2n) is 4.14. The van der Waals surface area contributed by atoms with Crippen LogP contribution in [0.3, 0.4) is 0 Å². The Morgan fingerprint density at radius 2 is 2.06 bits per heavy atom. The van der Waals surface area contributed by atoms with Crippen LogP contribution < -0.4 is 5.32 Å². The monoisotopic (exact) mass is 241 g/mol. The quantitative estimate of drug-likeness (QED) is 0.836. The molecule has 0 radical (unpaired) electrons. The van der Waals surface area contributed by atoms with Crippen LogP contribution in [-0.4, -0.2) is 17.6 Å². The van der Waals surface area contributed by atoms with Crippen molar-refractivity contribution < 1.29 is 18.7 Å². The van der Waals surface area contributed by atoms with Crippen molar-refractivity contribution in [1.82, 2.24) is 5.32 Å². The van der Waals surface area contributed by atoms with E-state index in [0.29, 0.717) is 0 Å². The van der Waals surface area contributed by atoms with Crippen LogP contribution in [0.1, 0.15) is 41.2 Å². The van der Waals surface area contributed by atoms with Gasteiger partial charge in [-0.3, -0.25) is 0 Å². The van der Waals surface area contributed by atoms with Gasteiger partial charge in [0.05, 0.1) is 5.56 Å². The molecule has 0 bridgehead atoms. The zero-order chi connectivity index (χ0) is 12.4. The molecule has 0 saturated carbocycles. The second-order valence-corrected chi connectivity index (χ2v) is 4.14. The van der Waals surface area contributed by atoms with Gasteiger partial charge in [-0.05, 0) is 25.5 Å². The third-order valence-corrected chi connectivity index (χ3v) is 3.03. The molecule has 0 spiro atoms. The molecule has 1 unspecified atom stereocenters. The van der Waals surface area contributed by atoms with Crippen LogP contribution in [0.4, 0.5) is 8.78 Å². The Morgan fingerprint density at radius 1 is 1.29 bits per heavy atom. The SMILES string of the molecule is O=C(O)c1ccc(C2CCCCN2)c(F)c1F. The summed E-state index contributed by atoms with van der Waals surface area (Å²) in [4.78, 5) is 10.6. The smallest absolute Gasteiger partial charge is 0.338 e. The van der Waals surface area contributed by atoms with Crippen molar-refractivity contribution in [3.8, 4) is 0 Å². The molecule has 2 N–H and O–H groups in total. The number of rotatable bonds is 2. The highest BCUT2D eigenvalue weighted by molar-refractivity contribution is 5.88. The van der Waals surface area contributed by atoms with E-state index in [4.69, 9.17) is 5.11 Å². The van der Waals surface area contributed by atoms with Gasteiger partial charge in [0.25, 0.3) is 0 Å². The molecular formula is C12H13F2NO2. The Morgan fingerprint density at radius 3 is 2.65 bits per heavy atom. The van der Waals surface area contributed by atoms with Gasteiger partial charge in [0.2, 0.25) is 0 Å². The first-order chi connectivity index (χ1) is 8.11. The Labute approximate surface area is 97.5 Å². The normalized spacial score (nSPS) is 20.2. The summed E-state index contributed by atoms with van der Waals surface area (Å²) in [6.07, 6.45) is 2.72. The van der Waals surface area contributed by atoms with Gasteiger partial charge in [0.1, 0.15) is 0 Å². The molecule has 1 heterocycles. The summed E-state index contributed by atoms with van der Waals surface area (Å²) in [6, 6.07) is 2.25. The predicted octanol–water partition coefficient (Wildman–Crippen LogP) is 2.48. The van der Waals surface area contributed by atoms with Crippen molar-refractivity contribution >= 4 is 5.97 Å². The number of halogens is 2. The molecule has 1 aromatic carbocycles. The molecule has 1 saturated heterocycles. The van der Waals surface area contributed by atoms with E-state index in [1.165, 1.54) is 6.07 Å². The maximum Gasteiger partial charge on any atom is 0.338 e. The summed E-state index contributed by atoms with van der Waals surface area (Å²) >= 11 is 0. The summed E-state index contributed by atoms with van der Waals surface area (Å²) in [5.41, 5.74) is -0.408. The molecule has 92 valence electrons. The number of benzene rings is 1. The average molecular weight is 241 g/mol. The fourth-order valence-electron chi connectivity index (χ4n) is 2.12. The lowest BCUT2D eigenvalue weighted by Gasteiger charge is -2.24. The first kappa shape index (κ1) is 12.0. The zero-order valence-electron chi connectivity index (χ0n) is 9.17. The van der Waals surface area contributed by atoms with E-state index in [1.54, 1.807) is 0 Å². The molecular weight excluding hydrogens is 228 g/mol. The standard InChI is InChI=1S/C12H13F2NO2/c13-10-7(9-3-1-2-6-15-9)4-5-8(11(10)14)12(16)17/h4-5,9,15H,1-3,6H2,(H,16,17). The van der Waals surface area contributed by atoms with Crippen molar-refractivity contribution in [2.24, 2.45) is 0 Å². The van der Waals surface area contributed by atoms with Crippen LogP contribution in [0, 0.1) is 11.6 Å². The third-order valence-electron chi connectivity index (χ3n) is 3.03. The van der Waals surface area contributed by atoms with Crippen LogP contribution in [0.2, 0.25) is 0 Å². The van der Waals surface area contributed by atoms with Crippen LogP contribution in [0.15, 0.2) is 12.1 Å². The number of carboxylic acid groups (broad SMARTS) is 1. The van der Waals surface area contributed by atoms with Gasteiger partial charge in [0.15, 0.2) is 11.6 Å². The topological polar surface area (TPSA) is 49.3 Å². The molecule has 1 atom stereocenters. The zero-order valence-corrected chi connectivity index (χ0v) is 9.17. The Hall–Kier alpha value is -1.49. The van der Waals surface area contributed by atoms with Crippen molar-refractivity contribution in [1.29, 1.82) is 0 Å². The largest absolute Gasteiger partial charge is 0.478 e. The summed E-state index contributed by atoms with van der Waals surface area (Å²) < 4.78 is 27.2. The van der Waals surface area contributed by atoms with Gasteiger partial charge in [-0.15, -0.1) is 0 Å². The van der Waals surface area contributed by atoms with Crippen molar-refractivity contribution in [3.05, 3.63) is 34.9 Å². The highest BCUT2D eigenvalue weighted by Crippen LogP contribution is 2.27. The van der Waals surface area contributed by atoms with Gasteiger partial charge < -0.3 is 10.4 Å². The molecule has 1 aliphatic rings. The van der Waals surface area contributed by atoms with Gasteiger partial charge >= 0.3 is 5.97 Å². The number of aromatic carboxylic acids is 1. The van der Waals surface area contributed by atoms with Crippen molar-refractivity contribution in [3.63, 3.8) is 0 Å². The minimum absolute atomic E-state index is 0.215. The molecule has 0 aromatic heterocycles. The van der Waals surface area contributed by atoms with Crippen LogP contribution in [0.25, 0.3) is 0 Å². The second kappa shape index (κ2) is 4.79. The Kier molecular flexibility index (Phi) is 3.38. The van der Waals surface area contributed by atoms with Gasteiger partial charge in [-0.2, -0.15) is 0 Å². The lowest BCUT2D eigenvalue weighted by molar-refractivity contribution is 0.0690. The molecule has 0 aliphatic carbocycles. The number of hydrogen-bond donors (Lipinski definition) is 2. The summed E-state index contributed by atoms with van der Waals surface area (Å²) in [7, 11) is 0. The van der Waals surface area contributed by atoms with Crippen molar-refractivity contribution in [2.45, 2.75) is 25.3 Å². The molecule has 0 amide bonds. The highest BCUT2D eigenvalue weighted by atomic mass is 19.2. The van der Waals surface area contributed by atoms with Crippen LogP contribution in [-0.2, 0) is 0 Å². The first-order valence-corrected chi connectivity index (χ1v) is 5.56. The van der Waals surface area contributed by atoms with Gasteiger partial charge in [-0.25, -0.2) is 13.6 Å². The lowest BCUT2D eigenvalue weighted by Crippen LogP contribution is -2.28. The highest BCUT2D eigenvalue weighted by Gasteiger charge is 2.23. The average Bonchev–Trinajstić information content (AvgIpc) is 2.33. The minimum Gasteiger partial charge on any atom is -0.478 e. The van der Waals surface area contributed by atoms with E-state index >= 15 is 0 Å². The van der Waals surface area contributed by atoms with E-state index < -0.39 is 23.2 Å². The maximum atomic E-state index is 13.7. The Balaban J connectivity index is 2.36. The molecule has 3 nitrogen and oxygen atoms in total.